The first-order chi connectivity index (χ1) is 10.5. The van der Waals surface area contributed by atoms with Crippen LogP contribution in [0.4, 0.5) is 0 Å². The number of aromatic nitrogens is 2. The second-order valence-electron chi connectivity index (χ2n) is 6.17. The van der Waals surface area contributed by atoms with Crippen molar-refractivity contribution in [2.75, 3.05) is 19.6 Å². The first-order valence-corrected chi connectivity index (χ1v) is 8.11. The second kappa shape index (κ2) is 7.03. The van der Waals surface area contributed by atoms with Gasteiger partial charge in [0.2, 0.25) is 0 Å². The Morgan fingerprint density at radius 3 is 2.74 bits per heavy atom. The minimum Gasteiger partial charge on any atom is -0.337 e. The van der Waals surface area contributed by atoms with Crippen LogP contribution in [0.15, 0.2) is 34.8 Å². The molecule has 0 aliphatic carbocycles. The van der Waals surface area contributed by atoms with Crippen LogP contribution in [0.2, 0.25) is 0 Å². The third kappa shape index (κ3) is 3.76. The van der Waals surface area contributed by atoms with Crippen molar-refractivity contribution >= 4 is 34.2 Å². The molecule has 1 aliphatic rings. The van der Waals surface area contributed by atoms with E-state index in [1.165, 1.54) is 0 Å². The van der Waals surface area contributed by atoms with E-state index in [0.29, 0.717) is 18.8 Å². The monoisotopic (exact) mass is 398 g/mol. The highest BCUT2D eigenvalue weighted by molar-refractivity contribution is 9.10. The molecule has 0 spiro atoms. The Labute approximate surface area is 150 Å². The summed E-state index contributed by atoms with van der Waals surface area (Å²) in [6.07, 6.45) is 0.947. The molecule has 1 amide bonds. The molecular formula is C16H20BrClN4O. The van der Waals surface area contributed by atoms with E-state index in [9.17, 15) is 4.79 Å². The summed E-state index contributed by atoms with van der Waals surface area (Å²) in [5.74, 6) is -0.00645. The molecule has 124 valence electrons. The molecule has 5 nitrogen and oxygen atoms in total. The Morgan fingerprint density at radius 1 is 1.43 bits per heavy atom. The quantitative estimate of drug-likeness (QED) is 0.833. The van der Waals surface area contributed by atoms with Crippen LogP contribution < -0.4 is 5.73 Å². The van der Waals surface area contributed by atoms with Gasteiger partial charge >= 0.3 is 0 Å². The molecule has 7 heteroatoms. The lowest BCUT2D eigenvalue weighted by atomic mass is 9.90. The van der Waals surface area contributed by atoms with E-state index in [-0.39, 0.29) is 23.7 Å². The highest BCUT2D eigenvalue weighted by atomic mass is 79.9. The van der Waals surface area contributed by atoms with Gasteiger partial charge in [0.25, 0.3) is 5.91 Å². The van der Waals surface area contributed by atoms with Gasteiger partial charge in [0.15, 0.2) is 0 Å². The van der Waals surface area contributed by atoms with Crippen LogP contribution in [-0.4, -0.2) is 40.6 Å². The number of H-pyrrole nitrogens is 1. The Hall–Kier alpha value is -1.37. The van der Waals surface area contributed by atoms with Crippen LogP contribution in [0.25, 0.3) is 11.3 Å². The first kappa shape index (κ1) is 18.0. The summed E-state index contributed by atoms with van der Waals surface area (Å²) in [4.78, 5) is 14.4. The number of hydrogen-bond donors (Lipinski definition) is 2. The molecular weight excluding hydrogens is 380 g/mol. The van der Waals surface area contributed by atoms with Gasteiger partial charge in [-0.2, -0.15) is 5.10 Å². The Morgan fingerprint density at radius 2 is 2.13 bits per heavy atom. The minimum atomic E-state index is -0.00645. The summed E-state index contributed by atoms with van der Waals surface area (Å²) in [5.41, 5.74) is 8.11. The van der Waals surface area contributed by atoms with Gasteiger partial charge in [-0.15, -0.1) is 12.4 Å². The normalized spacial score (nSPS) is 20.4. The van der Waals surface area contributed by atoms with Gasteiger partial charge in [0.1, 0.15) is 5.69 Å². The Bertz CT molecular complexity index is 688. The van der Waals surface area contributed by atoms with Crippen LogP contribution in [0, 0.1) is 5.41 Å². The van der Waals surface area contributed by atoms with Crippen molar-refractivity contribution in [1.29, 1.82) is 0 Å². The number of hydrogen-bond acceptors (Lipinski definition) is 3. The molecule has 1 aromatic carbocycles. The van der Waals surface area contributed by atoms with E-state index in [0.717, 1.165) is 28.7 Å². The lowest BCUT2D eigenvalue weighted by molar-refractivity contribution is 0.0771. The van der Waals surface area contributed by atoms with Crippen LogP contribution in [0.1, 0.15) is 23.8 Å². The largest absolute Gasteiger partial charge is 0.337 e. The number of carbonyl (C=O) groups is 1. The maximum Gasteiger partial charge on any atom is 0.271 e. The summed E-state index contributed by atoms with van der Waals surface area (Å²) >= 11 is 3.41. The van der Waals surface area contributed by atoms with Crippen LogP contribution >= 0.6 is 28.3 Å². The van der Waals surface area contributed by atoms with Crippen molar-refractivity contribution in [1.82, 2.24) is 15.1 Å². The molecule has 2 aromatic rings. The number of likely N-dealkylation sites (tertiary alicyclic amines) is 1. The average Bonchev–Trinajstić information content (AvgIpc) is 3.15. The highest BCUT2D eigenvalue weighted by Crippen LogP contribution is 2.29. The standard InChI is InChI=1S/C16H19BrN4O.ClH/c1-16(9-18)6-7-21(10-16)15(22)14-8-13(19-20-14)11-2-4-12(17)5-3-11;/h2-5,8H,6-7,9-10,18H2,1H3,(H,19,20);1H. The van der Waals surface area contributed by atoms with Crippen molar-refractivity contribution < 1.29 is 4.79 Å². The Balaban J connectivity index is 0.00000192. The lowest BCUT2D eigenvalue weighted by Gasteiger charge is -2.22. The molecule has 1 aromatic heterocycles. The van der Waals surface area contributed by atoms with E-state index >= 15 is 0 Å². The topological polar surface area (TPSA) is 75.0 Å². The van der Waals surface area contributed by atoms with Gasteiger partial charge in [-0.1, -0.05) is 35.0 Å². The Kier molecular flexibility index (Phi) is 5.49. The summed E-state index contributed by atoms with van der Waals surface area (Å²) in [5, 5.41) is 7.11. The molecule has 1 saturated heterocycles. The van der Waals surface area contributed by atoms with Gasteiger partial charge in [-0.05, 0) is 36.6 Å². The third-order valence-corrected chi connectivity index (χ3v) is 4.81. The molecule has 1 aliphatic heterocycles. The summed E-state index contributed by atoms with van der Waals surface area (Å²) in [6.45, 7) is 4.18. The molecule has 3 N–H and O–H groups in total. The van der Waals surface area contributed by atoms with E-state index < -0.39 is 0 Å². The molecule has 2 heterocycles. The minimum absolute atomic E-state index is 0. The smallest absolute Gasteiger partial charge is 0.271 e. The third-order valence-electron chi connectivity index (χ3n) is 4.29. The molecule has 1 fully saturated rings. The molecule has 0 radical (unpaired) electrons. The van der Waals surface area contributed by atoms with Crippen LogP contribution in [0.3, 0.4) is 0 Å². The zero-order valence-corrected chi connectivity index (χ0v) is 15.3. The van der Waals surface area contributed by atoms with E-state index in [1.807, 2.05) is 35.2 Å². The summed E-state index contributed by atoms with van der Waals surface area (Å²) < 4.78 is 1.02. The van der Waals surface area contributed by atoms with Crippen LogP contribution in [0.5, 0.6) is 0 Å². The number of benzene rings is 1. The molecule has 1 atom stereocenters. The van der Waals surface area contributed by atoms with E-state index in [1.54, 1.807) is 0 Å². The van der Waals surface area contributed by atoms with Crippen molar-refractivity contribution in [3.63, 3.8) is 0 Å². The number of carbonyl (C=O) groups excluding carboxylic acids is 1. The molecule has 0 bridgehead atoms. The first-order valence-electron chi connectivity index (χ1n) is 7.31. The number of amides is 1. The number of rotatable bonds is 3. The maximum atomic E-state index is 12.6. The lowest BCUT2D eigenvalue weighted by Crippen LogP contribution is -2.34. The number of aromatic amines is 1. The van der Waals surface area contributed by atoms with Gasteiger partial charge in [-0.3, -0.25) is 9.89 Å². The van der Waals surface area contributed by atoms with Crippen molar-refractivity contribution in [3.05, 3.63) is 40.5 Å². The van der Waals surface area contributed by atoms with Crippen LogP contribution in [-0.2, 0) is 0 Å². The van der Waals surface area contributed by atoms with Crippen molar-refractivity contribution in [2.45, 2.75) is 13.3 Å². The maximum absolute atomic E-state index is 12.6. The SMILES string of the molecule is CC1(CN)CCN(C(=O)c2cc(-c3ccc(Br)cc3)n[nH]2)C1.Cl. The zero-order valence-electron chi connectivity index (χ0n) is 12.9. The fraction of sp³-hybridized carbons (Fsp3) is 0.375. The molecule has 23 heavy (non-hydrogen) atoms. The molecule has 0 saturated carbocycles. The van der Waals surface area contributed by atoms with Gasteiger partial charge < -0.3 is 10.6 Å². The zero-order chi connectivity index (χ0) is 15.7. The molecule has 1 unspecified atom stereocenters. The van der Waals surface area contributed by atoms with E-state index in [4.69, 9.17) is 5.73 Å². The van der Waals surface area contributed by atoms with Crippen molar-refractivity contribution in [3.8, 4) is 11.3 Å². The van der Waals surface area contributed by atoms with Gasteiger partial charge in [0.05, 0.1) is 5.69 Å². The fourth-order valence-corrected chi connectivity index (χ4v) is 3.00. The fourth-order valence-electron chi connectivity index (χ4n) is 2.73. The van der Waals surface area contributed by atoms with E-state index in [2.05, 4.69) is 33.1 Å². The summed E-state index contributed by atoms with van der Waals surface area (Å²) in [7, 11) is 0. The van der Waals surface area contributed by atoms with Gasteiger partial charge in [0, 0.05) is 23.1 Å². The number of nitrogens with one attached hydrogen (secondary N) is 1. The average molecular weight is 400 g/mol. The highest BCUT2D eigenvalue weighted by Gasteiger charge is 2.35. The number of nitrogens with two attached hydrogens (primary N) is 1. The molecule has 3 rings (SSSR count). The number of halogens is 2. The van der Waals surface area contributed by atoms with Gasteiger partial charge in [-0.25, -0.2) is 0 Å². The predicted octanol–water partition coefficient (Wildman–Crippen LogP) is 3.07. The number of nitrogens with zero attached hydrogens (tertiary/aromatic N) is 2. The second-order valence-corrected chi connectivity index (χ2v) is 7.08. The predicted molar refractivity (Wildman–Crippen MR) is 96.7 cm³/mol. The van der Waals surface area contributed by atoms with Crippen molar-refractivity contribution in [2.24, 2.45) is 11.1 Å². The summed E-state index contributed by atoms with van der Waals surface area (Å²) in [6, 6.07) is 9.66.